The number of aliphatic hydroxyl groups is 1. The van der Waals surface area contributed by atoms with Gasteiger partial charge in [-0.1, -0.05) is 13.8 Å². The molecule has 1 rings (SSSR count). The van der Waals surface area contributed by atoms with Crippen molar-refractivity contribution in [3.05, 3.63) is 0 Å². The number of hydrogen-bond acceptors (Lipinski definition) is 4. The van der Waals surface area contributed by atoms with E-state index >= 15 is 0 Å². The van der Waals surface area contributed by atoms with Gasteiger partial charge in [0.05, 0.1) is 25.2 Å². The van der Waals surface area contributed by atoms with Crippen LogP contribution in [0.3, 0.4) is 0 Å². The van der Waals surface area contributed by atoms with Gasteiger partial charge < -0.3 is 20.5 Å². The van der Waals surface area contributed by atoms with Gasteiger partial charge >= 0.3 is 0 Å². The Hall–Kier alpha value is -0.650. The number of hydrogen-bond donors (Lipinski definition) is 2. The highest BCUT2D eigenvalue weighted by molar-refractivity contribution is 5.79. The summed E-state index contributed by atoms with van der Waals surface area (Å²) in [5.41, 5.74) is 5.67. The van der Waals surface area contributed by atoms with E-state index in [1.165, 1.54) is 0 Å². The highest BCUT2D eigenvalue weighted by atomic mass is 16.5. The van der Waals surface area contributed by atoms with Crippen LogP contribution in [-0.2, 0) is 9.53 Å². The summed E-state index contributed by atoms with van der Waals surface area (Å²) < 4.78 is 5.33. The molecule has 1 aliphatic heterocycles. The van der Waals surface area contributed by atoms with Gasteiger partial charge in [-0.3, -0.25) is 4.79 Å². The lowest BCUT2D eigenvalue weighted by molar-refractivity contribution is -0.144. The van der Waals surface area contributed by atoms with E-state index in [1.807, 2.05) is 0 Å². The molecule has 0 bridgehead atoms. The Labute approximate surface area is 103 Å². The fourth-order valence-corrected chi connectivity index (χ4v) is 2.16. The second kappa shape index (κ2) is 6.93. The van der Waals surface area contributed by atoms with E-state index in [0.29, 0.717) is 32.2 Å². The minimum Gasteiger partial charge on any atom is -0.394 e. The lowest BCUT2D eigenvalue weighted by atomic mass is 9.95. The van der Waals surface area contributed by atoms with Crippen LogP contribution in [0.2, 0.25) is 0 Å². The number of carbonyl (C=O) groups is 1. The Morgan fingerprint density at radius 3 is 2.82 bits per heavy atom. The van der Waals surface area contributed by atoms with Crippen LogP contribution >= 0.6 is 0 Å². The quantitative estimate of drug-likeness (QED) is 0.704. The van der Waals surface area contributed by atoms with E-state index in [2.05, 4.69) is 13.8 Å². The van der Waals surface area contributed by atoms with E-state index in [0.717, 1.165) is 6.42 Å². The van der Waals surface area contributed by atoms with Gasteiger partial charge in [0, 0.05) is 19.6 Å². The van der Waals surface area contributed by atoms with Crippen molar-refractivity contribution in [3.8, 4) is 0 Å². The molecular weight excluding hydrogens is 220 g/mol. The van der Waals surface area contributed by atoms with Crippen molar-refractivity contribution in [1.29, 1.82) is 0 Å². The van der Waals surface area contributed by atoms with Crippen LogP contribution in [0, 0.1) is 11.8 Å². The maximum absolute atomic E-state index is 12.2. The molecule has 2 atom stereocenters. The summed E-state index contributed by atoms with van der Waals surface area (Å²) in [6.07, 6.45) is 0.571. The standard InChI is InChI=1S/C12H24N2O3/c1-9(2)5-10(6-13)12(16)14-3-4-17-11(7-14)8-15/h9-11,15H,3-8,13H2,1-2H3. The van der Waals surface area contributed by atoms with Crippen LogP contribution in [-0.4, -0.2) is 54.9 Å². The van der Waals surface area contributed by atoms with Crippen LogP contribution in [0.15, 0.2) is 0 Å². The van der Waals surface area contributed by atoms with E-state index in [4.69, 9.17) is 15.6 Å². The maximum Gasteiger partial charge on any atom is 0.227 e. The zero-order valence-corrected chi connectivity index (χ0v) is 10.8. The Morgan fingerprint density at radius 1 is 1.59 bits per heavy atom. The first-order chi connectivity index (χ1) is 8.08. The molecule has 1 amide bonds. The van der Waals surface area contributed by atoms with Crippen LogP contribution in [0.5, 0.6) is 0 Å². The molecule has 1 heterocycles. The Balaban J connectivity index is 2.54. The second-order valence-electron chi connectivity index (χ2n) is 5.02. The number of rotatable bonds is 5. The van der Waals surface area contributed by atoms with Crippen LogP contribution in [0.1, 0.15) is 20.3 Å². The molecule has 3 N–H and O–H groups in total. The number of carbonyl (C=O) groups excluding carboxylic acids is 1. The Morgan fingerprint density at radius 2 is 2.29 bits per heavy atom. The van der Waals surface area contributed by atoms with Crippen molar-refractivity contribution in [2.45, 2.75) is 26.4 Å². The number of amides is 1. The van der Waals surface area contributed by atoms with Gasteiger partial charge in [0.2, 0.25) is 5.91 Å². The normalized spacial score (nSPS) is 22.9. The topological polar surface area (TPSA) is 75.8 Å². The molecule has 2 unspecified atom stereocenters. The fraction of sp³-hybridized carbons (Fsp3) is 0.917. The molecule has 0 aliphatic carbocycles. The summed E-state index contributed by atoms with van der Waals surface area (Å²) >= 11 is 0. The monoisotopic (exact) mass is 244 g/mol. The van der Waals surface area contributed by atoms with E-state index in [9.17, 15) is 4.79 Å². The first-order valence-electron chi connectivity index (χ1n) is 6.29. The highest BCUT2D eigenvalue weighted by Gasteiger charge is 2.28. The molecule has 5 nitrogen and oxygen atoms in total. The number of morpholine rings is 1. The summed E-state index contributed by atoms with van der Waals surface area (Å²) in [6.45, 7) is 6.10. The first-order valence-corrected chi connectivity index (χ1v) is 6.29. The van der Waals surface area contributed by atoms with Gasteiger partial charge in [0.1, 0.15) is 0 Å². The van der Waals surface area contributed by atoms with E-state index < -0.39 is 0 Å². The summed E-state index contributed by atoms with van der Waals surface area (Å²) in [4.78, 5) is 14.0. The van der Waals surface area contributed by atoms with Crippen LogP contribution in [0.4, 0.5) is 0 Å². The van der Waals surface area contributed by atoms with Crippen molar-refractivity contribution in [2.24, 2.45) is 17.6 Å². The molecule has 0 radical (unpaired) electrons. The Kier molecular flexibility index (Phi) is 5.88. The lowest BCUT2D eigenvalue weighted by Gasteiger charge is -2.34. The molecule has 0 aromatic heterocycles. The minimum atomic E-state index is -0.245. The van der Waals surface area contributed by atoms with Gasteiger partial charge in [0.25, 0.3) is 0 Å². The molecule has 0 aromatic rings. The molecular formula is C12H24N2O3. The van der Waals surface area contributed by atoms with Crippen LogP contribution < -0.4 is 5.73 Å². The van der Waals surface area contributed by atoms with Crippen molar-refractivity contribution in [3.63, 3.8) is 0 Å². The van der Waals surface area contributed by atoms with Crippen molar-refractivity contribution in [2.75, 3.05) is 32.8 Å². The zero-order valence-electron chi connectivity index (χ0n) is 10.8. The Bertz CT molecular complexity index is 246. The predicted molar refractivity (Wildman–Crippen MR) is 65.4 cm³/mol. The van der Waals surface area contributed by atoms with Gasteiger partial charge in [-0.05, 0) is 12.3 Å². The van der Waals surface area contributed by atoms with E-state index in [1.54, 1.807) is 4.90 Å². The number of aliphatic hydroxyl groups excluding tert-OH is 1. The summed E-state index contributed by atoms with van der Waals surface area (Å²) in [7, 11) is 0. The maximum atomic E-state index is 12.2. The number of ether oxygens (including phenoxy) is 1. The van der Waals surface area contributed by atoms with E-state index in [-0.39, 0.29) is 24.5 Å². The zero-order chi connectivity index (χ0) is 12.8. The van der Waals surface area contributed by atoms with Gasteiger partial charge in [-0.25, -0.2) is 0 Å². The largest absolute Gasteiger partial charge is 0.394 e. The molecule has 17 heavy (non-hydrogen) atoms. The van der Waals surface area contributed by atoms with Crippen molar-refractivity contribution < 1.29 is 14.6 Å². The first kappa shape index (κ1) is 14.4. The number of nitrogens with two attached hydrogens (primary N) is 1. The molecule has 0 spiro atoms. The third kappa shape index (κ3) is 4.26. The minimum absolute atomic E-state index is 0.0404. The predicted octanol–water partition coefficient (Wildman–Crippen LogP) is -0.173. The highest BCUT2D eigenvalue weighted by Crippen LogP contribution is 2.16. The van der Waals surface area contributed by atoms with Crippen molar-refractivity contribution in [1.82, 2.24) is 4.90 Å². The lowest BCUT2D eigenvalue weighted by Crippen LogP contribution is -2.50. The third-order valence-electron chi connectivity index (χ3n) is 3.04. The molecule has 100 valence electrons. The van der Waals surface area contributed by atoms with Gasteiger partial charge in [-0.15, -0.1) is 0 Å². The summed E-state index contributed by atoms with van der Waals surface area (Å²) in [5, 5.41) is 9.04. The number of nitrogens with zero attached hydrogens (tertiary/aromatic N) is 1. The smallest absolute Gasteiger partial charge is 0.227 e. The van der Waals surface area contributed by atoms with Crippen molar-refractivity contribution >= 4 is 5.91 Å². The summed E-state index contributed by atoms with van der Waals surface area (Å²) in [5.74, 6) is 0.456. The molecule has 1 aliphatic rings. The molecule has 5 heteroatoms. The summed E-state index contributed by atoms with van der Waals surface area (Å²) in [6, 6.07) is 0. The molecule has 0 saturated carbocycles. The van der Waals surface area contributed by atoms with Gasteiger partial charge in [-0.2, -0.15) is 0 Å². The van der Waals surface area contributed by atoms with Gasteiger partial charge in [0.15, 0.2) is 0 Å². The average molecular weight is 244 g/mol. The second-order valence-corrected chi connectivity index (χ2v) is 5.02. The molecule has 1 fully saturated rings. The molecule has 1 saturated heterocycles. The fourth-order valence-electron chi connectivity index (χ4n) is 2.16. The molecule has 0 aromatic carbocycles. The van der Waals surface area contributed by atoms with Crippen LogP contribution in [0.25, 0.3) is 0 Å². The third-order valence-corrected chi connectivity index (χ3v) is 3.04. The average Bonchev–Trinajstić information content (AvgIpc) is 2.35. The SMILES string of the molecule is CC(C)CC(CN)C(=O)N1CCOC(CO)C1.